The van der Waals surface area contributed by atoms with Gasteiger partial charge in [0.25, 0.3) is 0 Å². The molecule has 8 aromatic carbocycles. The largest absolute Gasteiger partial charge is 0.309 e. The molecule has 11 aromatic rings. The lowest BCUT2D eigenvalue weighted by atomic mass is 10.0. The van der Waals surface area contributed by atoms with Gasteiger partial charge in [0.1, 0.15) is 0 Å². The molecule has 0 spiro atoms. The Bertz CT molecular complexity index is 3460. The van der Waals surface area contributed by atoms with E-state index in [1.54, 1.807) is 24.3 Å². The van der Waals surface area contributed by atoms with Gasteiger partial charge in [0, 0.05) is 49.6 Å². The van der Waals surface area contributed by atoms with E-state index in [9.17, 15) is 5.26 Å². The van der Waals surface area contributed by atoms with Crippen LogP contribution in [0.3, 0.4) is 0 Å². The van der Waals surface area contributed by atoms with Gasteiger partial charge in [-0.3, -0.25) is 0 Å². The second kappa shape index (κ2) is 14.1. The Hall–Kier alpha value is -8.65. The number of hydrogen-bond donors (Lipinski definition) is 0. The van der Waals surface area contributed by atoms with Crippen LogP contribution in [0.4, 0.5) is 5.69 Å². The minimum Gasteiger partial charge on any atom is -0.309 e. The second-order valence-electron chi connectivity index (χ2n) is 14.7. The van der Waals surface area contributed by atoms with Crippen molar-refractivity contribution in [3.63, 3.8) is 0 Å². The Morgan fingerprint density at radius 2 is 0.800 bits per heavy atom. The molecule has 0 aliphatic carbocycles. The summed E-state index contributed by atoms with van der Waals surface area (Å²) >= 11 is 0. The van der Waals surface area contributed by atoms with Gasteiger partial charge in [-0.05, 0) is 108 Å². The van der Waals surface area contributed by atoms with Gasteiger partial charge in [0.2, 0.25) is 0 Å². The first kappa shape index (κ1) is 34.6. The highest BCUT2D eigenvalue weighted by Crippen LogP contribution is 2.38. The molecule has 0 bridgehead atoms. The Balaban J connectivity index is 0.997. The summed E-state index contributed by atoms with van der Waals surface area (Å²) in [5, 5.41) is 14.2. The van der Waals surface area contributed by atoms with Crippen LogP contribution in [0.15, 0.2) is 188 Å². The average Bonchev–Trinajstić information content (AvgIpc) is 3.84. The van der Waals surface area contributed by atoms with Gasteiger partial charge in [-0.15, -0.1) is 0 Å². The molecular weight excluding hydrogens is 735 g/mol. The van der Waals surface area contributed by atoms with E-state index in [4.69, 9.17) is 21.5 Å². The van der Waals surface area contributed by atoms with Crippen molar-refractivity contribution in [3.8, 4) is 62.7 Å². The molecule has 7 nitrogen and oxygen atoms in total. The number of nitrogens with zero attached hydrogens (tertiary/aromatic N) is 7. The molecule has 0 N–H and O–H groups in total. The number of fused-ring (bicyclic) bond motifs is 6. The molecule has 11 rings (SSSR count). The van der Waals surface area contributed by atoms with Crippen molar-refractivity contribution in [2.45, 2.75) is 0 Å². The van der Waals surface area contributed by atoms with Crippen molar-refractivity contribution < 1.29 is 0 Å². The maximum absolute atomic E-state index is 9.37. The van der Waals surface area contributed by atoms with Crippen LogP contribution in [0.1, 0.15) is 5.56 Å². The fraction of sp³-hybridized carbons (Fsp3) is 0. The molecule has 0 amide bonds. The predicted octanol–water partition coefficient (Wildman–Crippen LogP) is 13.2. The molecule has 0 atom stereocenters. The van der Waals surface area contributed by atoms with E-state index in [1.165, 1.54) is 38.1 Å². The van der Waals surface area contributed by atoms with Crippen LogP contribution >= 0.6 is 0 Å². The zero-order chi connectivity index (χ0) is 40.2. The molecule has 0 aliphatic rings. The van der Waals surface area contributed by atoms with E-state index >= 15 is 0 Å². The first-order valence-electron chi connectivity index (χ1n) is 19.6. The van der Waals surface area contributed by atoms with Crippen molar-refractivity contribution in [2.75, 3.05) is 0 Å². The molecule has 0 saturated heterocycles. The average molecular weight is 766 g/mol. The second-order valence-corrected chi connectivity index (χ2v) is 14.7. The summed E-state index contributed by atoms with van der Waals surface area (Å²) in [5.41, 5.74) is 12.6. The Kier molecular flexibility index (Phi) is 8.11. The van der Waals surface area contributed by atoms with E-state index < -0.39 is 0 Å². The molecule has 278 valence electrons. The van der Waals surface area contributed by atoms with Gasteiger partial charge in [0.05, 0.1) is 40.3 Å². The highest BCUT2D eigenvalue weighted by Gasteiger charge is 2.17. The monoisotopic (exact) mass is 765 g/mol. The number of nitriles is 1. The minimum atomic E-state index is 0.497. The van der Waals surface area contributed by atoms with Gasteiger partial charge in [-0.25, -0.2) is 19.8 Å². The molecule has 3 heterocycles. The number of hydrogen-bond acceptors (Lipinski definition) is 4. The van der Waals surface area contributed by atoms with Crippen LogP contribution in [-0.2, 0) is 0 Å². The summed E-state index contributed by atoms with van der Waals surface area (Å²) in [5.74, 6) is 1.52. The minimum absolute atomic E-state index is 0.497. The molecule has 0 saturated carbocycles. The third kappa shape index (κ3) is 5.77. The summed E-state index contributed by atoms with van der Waals surface area (Å²) < 4.78 is 4.66. The summed E-state index contributed by atoms with van der Waals surface area (Å²) in [6, 6.07) is 66.3. The Morgan fingerprint density at radius 3 is 1.28 bits per heavy atom. The van der Waals surface area contributed by atoms with Crippen LogP contribution in [0.25, 0.3) is 105 Å². The van der Waals surface area contributed by atoms with Crippen molar-refractivity contribution in [3.05, 3.63) is 205 Å². The van der Waals surface area contributed by atoms with Gasteiger partial charge in [-0.1, -0.05) is 91.0 Å². The molecule has 60 heavy (non-hydrogen) atoms. The third-order valence-electron chi connectivity index (χ3n) is 11.2. The van der Waals surface area contributed by atoms with Crippen LogP contribution in [0, 0.1) is 17.9 Å². The SMILES string of the molecule is [C-]#[N+]c1ccc(-c2nc(-c3ccc(C#N)cc3)nc(-c3ccc(-n4c5ccccc5c5cc(-c6ccc7c(c6)c6ccccc6n7-c6ccccc6)ccc54)cc3)n2)cc1. The highest BCUT2D eigenvalue weighted by molar-refractivity contribution is 6.12. The fourth-order valence-corrected chi connectivity index (χ4v) is 8.34. The molecule has 0 unspecified atom stereocenters. The lowest BCUT2D eigenvalue weighted by Crippen LogP contribution is -2.00. The lowest BCUT2D eigenvalue weighted by Gasteiger charge is -2.11. The summed E-state index contributed by atoms with van der Waals surface area (Å²) in [4.78, 5) is 18.2. The van der Waals surface area contributed by atoms with Crippen LogP contribution < -0.4 is 0 Å². The van der Waals surface area contributed by atoms with Gasteiger partial charge in [0.15, 0.2) is 23.2 Å². The predicted molar refractivity (Wildman–Crippen MR) is 241 cm³/mol. The number of aromatic nitrogens is 5. The summed E-state index contributed by atoms with van der Waals surface area (Å²) in [6.07, 6.45) is 0. The van der Waals surface area contributed by atoms with Gasteiger partial charge < -0.3 is 9.13 Å². The standard InChI is InChI=1S/C53H31N7/c1-55-40-25-19-36(20-26-40)52-56-51(35-17-15-34(33-54)16-18-35)57-53(58-52)37-21-27-42(28-22-37)60-48-14-8-6-12-44(48)46-32-39(24-30-50(46)60)38-23-29-49-45(31-38)43-11-5-7-13-47(43)59(49)41-9-3-2-4-10-41/h2-32H. The molecule has 3 aromatic heterocycles. The zero-order valence-electron chi connectivity index (χ0n) is 32.0. The van der Waals surface area contributed by atoms with Crippen LogP contribution in [-0.4, -0.2) is 24.1 Å². The van der Waals surface area contributed by atoms with E-state index in [0.717, 1.165) is 44.7 Å². The van der Waals surface area contributed by atoms with Crippen molar-refractivity contribution >= 4 is 49.3 Å². The summed E-state index contributed by atoms with van der Waals surface area (Å²) in [6.45, 7) is 7.38. The number of benzene rings is 8. The van der Waals surface area contributed by atoms with Crippen molar-refractivity contribution in [2.24, 2.45) is 0 Å². The van der Waals surface area contributed by atoms with Crippen molar-refractivity contribution in [1.82, 2.24) is 24.1 Å². The van der Waals surface area contributed by atoms with Crippen LogP contribution in [0.2, 0.25) is 0 Å². The van der Waals surface area contributed by atoms with E-state index in [1.807, 2.05) is 24.3 Å². The first-order valence-corrected chi connectivity index (χ1v) is 19.6. The van der Waals surface area contributed by atoms with Gasteiger partial charge >= 0.3 is 0 Å². The maximum atomic E-state index is 9.37. The maximum Gasteiger partial charge on any atom is 0.187 e. The number of rotatable bonds is 6. The molecular formula is C53H31N7. The fourth-order valence-electron chi connectivity index (χ4n) is 8.34. The van der Waals surface area contributed by atoms with Crippen LogP contribution in [0.5, 0.6) is 0 Å². The smallest absolute Gasteiger partial charge is 0.187 e. The summed E-state index contributed by atoms with van der Waals surface area (Å²) in [7, 11) is 0. The molecule has 7 heteroatoms. The highest BCUT2D eigenvalue weighted by atomic mass is 15.0. The number of para-hydroxylation sites is 3. The van der Waals surface area contributed by atoms with E-state index in [2.05, 4.69) is 160 Å². The molecule has 0 radical (unpaired) electrons. The molecule has 0 fully saturated rings. The molecule has 0 aliphatic heterocycles. The third-order valence-corrected chi connectivity index (χ3v) is 11.2. The Labute approximate surface area is 345 Å². The normalized spacial score (nSPS) is 11.3. The van der Waals surface area contributed by atoms with Gasteiger partial charge in [-0.2, -0.15) is 5.26 Å². The van der Waals surface area contributed by atoms with E-state index in [-0.39, 0.29) is 0 Å². The topological polar surface area (TPSA) is 76.7 Å². The van der Waals surface area contributed by atoms with E-state index in [0.29, 0.717) is 28.7 Å². The quantitative estimate of drug-likeness (QED) is 0.158. The Morgan fingerprint density at radius 1 is 0.400 bits per heavy atom. The lowest BCUT2D eigenvalue weighted by molar-refractivity contribution is 1.07. The zero-order valence-corrected chi connectivity index (χ0v) is 32.0. The van der Waals surface area contributed by atoms with Crippen molar-refractivity contribution in [1.29, 1.82) is 5.26 Å². The first-order chi connectivity index (χ1) is 29.6.